The maximum atomic E-state index is 12.4. The zero-order valence-electron chi connectivity index (χ0n) is 16.1. The van der Waals surface area contributed by atoms with Crippen LogP contribution in [0.1, 0.15) is 11.8 Å². The summed E-state index contributed by atoms with van der Waals surface area (Å²) in [4.78, 5) is 13.7. The van der Waals surface area contributed by atoms with Crippen molar-refractivity contribution in [2.45, 2.75) is 25.0 Å². The number of thioether (sulfide) groups is 1. The first kappa shape index (κ1) is 21.4. The highest BCUT2D eigenvalue weighted by Gasteiger charge is 2.16. The van der Waals surface area contributed by atoms with Gasteiger partial charge in [-0.2, -0.15) is 0 Å². The minimum atomic E-state index is -0.186. The fourth-order valence-electron chi connectivity index (χ4n) is 2.68. The average molecular weight is 449 g/mol. The summed E-state index contributed by atoms with van der Waals surface area (Å²) < 4.78 is 7.23. The SMILES string of the molecule is C=CCn1c(SCC(=O)Nc2cc(Cl)ccc2OC)nnc1-c1csc(CC)c1. The third kappa shape index (κ3) is 5.20. The lowest BCUT2D eigenvalue weighted by atomic mass is 10.2. The fourth-order valence-corrected chi connectivity index (χ4v) is 4.41. The molecule has 2 heterocycles. The first-order valence-electron chi connectivity index (χ1n) is 8.93. The van der Waals surface area contributed by atoms with Crippen LogP contribution >= 0.6 is 34.7 Å². The molecule has 0 fully saturated rings. The van der Waals surface area contributed by atoms with Gasteiger partial charge in [0.1, 0.15) is 5.75 Å². The molecule has 0 aliphatic carbocycles. The van der Waals surface area contributed by atoms with Gasteiger partial charge in [-0.25, -0.2) is 0 Å². The summed E-state index contributed by atoms with van der Waals surface area (Å²) in [6, 6.07) is 7.20. The molecule has 3 rings (SSSR count). The van der Waals surface area contributed by atoms with Crippen LogP contribution < -0.4 is 10.1 Å². The highest BCUT2D eigenvalue weighted by Crippen LogP contribution is 2.30. The Morgan fingerprint density at radius 3 is 2.93 bits per heavy atom. The average Bonchev–Trinajstić information content (AvgIpc) is 3.33. The van der Waals surface area contributed by atoms with Gasteiger partial charge >= 0.3 is 0 Å². The number of rotatable bonds is 9. The van der Waals surface area contributed by atoms with Crippen molar-refractivity contribution in [1.29, 1.82) is 0 Å². The zero-order valence-corrected chi connectivity index (χ0v) is 18.5. The Labute approximate surface area is 182 Å². The maximum absolute atomic E-state index is 12.4. The lowest BCUT2D eigenvalue weighted by Gasteiger charge is -2.10. The molecule has 6 nitrogen and oxygen atoms in total. The monoisotopic (exact) mass is 448 g/mol. The van der Waals surface area contributed by atoms with Gasteiger partial charge < -0.3 is 10.1 Å². The number of nitrogens with zero attached hydrogens (tertiary/aromatic N) is 3. The smallest absolute Gasteiger partial charge is 0.234 e. The minimum absolute atomic E-state index is 0.175. The molecular formula is C20H21ClN4O2S2. The van der Waals surface area contributed by atoms with Crippen LogP contribution in [0.25, 0.3) is 11.4 Å². The van der Waals surface area contributed by atoms with Crippen LogP contribution in [0.4, 0.5) is 5.69 Å². The highest BCUT2D eigenvalue weighted by atomic mass is 35.5. The van der Waals surface area contributed by atoms with Crippen molar-refractivity contribution in [3.63, 3.8) is 0 Å². The van der Waals surface area contributed by atoms with Gasteiger partial charge in [0.25, 0.3) is 0 Å². The van der Waals surface area contributed by atoms with Crippen molar-refractivity contribution < 1.29 is 9.53 Å². The van der Waals surface area contributed by atoms with Crippen molar-refractivity contribution >= 4 is 46.3 Å². The molecule has 0 spiro atoms. The molecule has 152 valence electrons. The van der Waals surface area contributed by atoms with Gasteiger partial charge in [0.05, 0.1) is 18.6 Å². The van der Waals surface area contributed by atoms with Crippen molar-refractivity contribution in [3.05, 3.63) is 52.2 Å². The number of carbonyl (C=O) groups excluding carboxylic acids is 1. The van der Waals surface area contributed by atoms with E-state index in [1.54, 1.807) is 42.7 Å². The van der Waals surface area contributed by atoms with Crippen LogP contribution in [-0.2, 0) is 17.8 Å². The molecule has 0 bridgehead atoms. The third-order valence-corrected chi connectivity index (χ3v) is 6.34. The van der Waals surface area contributed by atoms with E-state index in [0.29, 0.717) is 28.2 Å². The van der Waals surface area contributed by atoms with Gasteiger partial charge in [-0.3, -0.25) is 9.36 Å². The van der Waals surface area contributed by atoms with Crippen molar-refractivity contribution in [2.75, 3.05) is 18.2 Å². The maximum Gasteiger partial charge on any atom is 0.234 e. The summed E-state index contributed by atoms with van der Waals surface area (Å²) in [6.45, 7) is 6.51. The number of anilines is 1. The third-order valence-electron chi connectivity index (χ3n) is 4.06. The van der Waals surface area contributed by atoms with Gasteiger partial charge in [0.2, 0.25) is 5.91 Å². The van der Waals surface area contributed by atoms with Crippen LogP contribution in [0, 0.1) is 0 Å². The summed E-state index contributed by atoms with van der Waals surface area (Å²) in [5, 5.41) is 14.7. The molecule has 0 atom stereocenters. The fraction of sp³-hybridized carbons (Fsp3) is 0.250. The highest BCUT2D eigenvalue weighted by molar-refractivity contribution is 7.99. The summed E-state index contributed by atoms with van der Waals surface area (Å²) in [7, 11) is 1.54. The molecule has 3 aromatic rings. The number of carbonyl (C=O) groups is 1. The number of amides is 1. The largest absolute Gasteiger partial charge is 0.495 e. The lowest BCUT2D eigenvalue weighted by Crippen LogP contribution is -2.15. The van der Waals surface area contributed by atoms with Gasteiger partial charge in [0.15, 0.2) is 11.0 Å². The second-order valence-electron chi connectivity index (χ2n) is 6.04. The molecule has 0 unspecified atom stereocenters. The van der Waals surface area contributed by atoms with Crippen molar-refractivity contribution in [3.8, 4) is 17.1 Å². The Morgan fingerprint density at radius 1 is 1.41 bits per heavy atom. The van der Waals surface area contributed by atoms with E-state index in [0.717, 1.165) is 17.8 Å². The Hall–Kier alpha value is -2.29. The molecule has 0 aliphatic heterocycles. The van der Waals surface area contributed by atoms with Crippen LogP contribution in [0.3, 0.4) is 0 Å². The number of thiophene rings is 1. The van der Waals surface area contributed by atoms with Gasteiger partial charge in [-0.1, -0.05) is 36.4 Å². The number of hydrogen-bond donors (Lipinski definition) is 1. The molecule has 1 aromatic carbocycles. The lowest BCUT2D eigenvalue weighted by molar-refractivity contribution is -0.113. The van der Waals surface area contributed by atoms with Crippen LogP contribution in [0.2, 0.25) is 5.02 Å². The summed E-state index contributed by atoms with van der Waals surface area (Å²) >= 11 is 9.04. The first-order valence-corrected chi connectivity index (χ1v) is 11.2. The molecule has 2 aromatic heterocycles. The molecule has 0 saturated carbocycles. The molecule has 1 N–H and O–H groups in total. The number of aryl methyl sites for hydroxylation is 1. The standard InChI is InChI=1S/C20H21ClN4O2S2/c1-4-8-25-19(13-9-15(5-2)28-11-13)23-24-20(25)29-12-18(26)22-16-10-14(21)6-7-17(16)27-3/h4,6-7,9-11H,1,5,8,12H2,2-3H3,(H,22,26). The molecule has 0 radical (unpaired) electrons. The number of allylic oxidation sites excluding steroid dienone is 1. The van der Waals surface area contributed by atoms with E-state index in [-0.39, 0.29) is 11.7 Å². The first-order chi connectivity index (χ1) is 14.0. The topological polar surface area (TPSA) is 69.0 Å². The van der Waals surface area contributed by atoms with E-state index in [2.05, 4.69) is 40.5 Å². The summed E-state index contributed by atoms with van der Waals surface area (Å²) in [5.41, 5.74) is 1.56. The summed E-state index contributed by atoms with van der Waals surface area (Å²) in [6.07, 6.45) is 2.77. The predicted octanol–water partition coefficient (Wildman–Crippen LogP) is 5.15. The quantitative estimate of drug-likeness (QED) is 0.362. The normalized spacial score (nSPS) is 10.7. The molecular weight excluding hydrogens is 428 g/mol. The second-order valence-corrected chi connectivity index (χ2v) is 8.42. The number of nitrogens with one attached hydrogen (secondary N) is 1. The van der Waals surface area contributed by atoms with E-state index in [1.165, 1.54) is 16.6 Å². The Balaban J connectivity index is 1.72. The zero-order chi connectivity index (χ0) is 20.8. The van der Waals surface area contributed by atoms with E-state index < -0.39 is 0 Å². The molecule has 1 amide bonds. The minimum Gasteiger partial charge on any atom is -0.495 e. The molecule has 29 heavy (non-hydrogen) atoms. The van der Waals surface area contributed by atoms with Crippen molar-refractivity contribution in [1.82, 2.24) is 14.8 Å². The number of hydrogen-bond acceptors (Lipinski definition) is 6. The molecule has 0 aliphatic rings. The summed E-state index contributed by atoms with van der Waals surface area (Å²) in [5.74, 6) is 1.32. The van der Waals surface area contributed by atoms with Gasteiger partial charge in [-0.15, -0.1) is 28.1 Å². The Kier molecular flexibility index (Phi) is 7.35. The van der Waals surface area contributed by atoms with E-state index in [1.807, 2.05) is 4.57 Å². The number of aromatic nitrogens is 3. The predicted molar refractivity (Wildman–Crippen MR) is 120 cm³/mol. The van der Waals surface area contributed by atoms with E-state index in [4.69, 9.17) is 16.3 Å². The van der Waals surface area contributed by atoms with Gasteiger partial charge in [-0.05, 0) is 30.7 Å². The number of benzene rings is 1. The van der Waals surface area contributed by atoms with E-state index >= 15 is 0 Å². The number of halogens is 1. The second kappa shape index (κ2) is 9.96. The van der Waals surface area contributed by atoms with Gasteiger partial charge in [0, 0.05) is 27.4 Å². The number of methoxy groups -OCH3 is 1. The molecule has 0 saturated heterocycles. The Morgan fingerprint density at radius 2 is 2.24 bits per heavy atom. The van der Waals surface area contributed by atoms with Crippen LogP contribution in [0.5, 0.6) is 5.75 Å². The van der Waals surface area contributed by atoms with Crippen LogP contribution in [-0.4, -0.2) is 33.5 Å². The Bertz CT molecular complexity index is 1020. The van der Waals surface area contributed by atoms with Crippen molar-refractivity contribution in [2.24, 2.45) is 0 Å². The van der Waals surface area contributed by atoms with E-state index in [9.17, 15) is 4.79 Å². The molecule has 9 heteroatoms. The van der Waals surface area contributed by atoms with Crippen LogP contribution in [0.15, 0.2) is 47.5 Å². The number of ether oxygens (including phenoxy) is 1.